The summed E-state index contributed by atoms with van der Waals surface area (Å²) in [6, 6.07) is 10.1. The number of rotatable bonds is 6. The SMILES string of the molecule is CC(Cc1ccccc1)C(=O)NCC1(CO)CCCCC1. The van der Waals surface area contributed by atoms with Crippen molar-refractivity contribution in [3.8, 4) is 0 Å². The number of aliphatic hydroxyl groups excluding tert-OH is 1. The third kappa shape index (κ3) is 4.57. The molecule has 1 amide bonds. The molecule has 0 spiro atoms. The number of carbonyl (C=O) groups excluding carboxylic acids is 1. The Bertz CT molecular complexity index is 438. The molecule has 1 unspecified atom stereocenters. The molecule has 0 bridgehead atoms. The Labute approximate surface area is 127 Å². The van der Waals surface area contributed by atoms with E-state index in [1.165, 1.54) is 12.0 Å². The summed E-state index contributed by atoms with van der Waals surface area (Å²) in [5, 5.41) is 12.7. The highest BCUT2D eigenvalue weighted by Gasteiger charge is 2.32. The van der Waals surface area contributed by atoms with E-state index in [0.717, 1.165) is 32.1 Å². The highest BCUT2D eigenvalue weighted by atomic mass is 16.3. The van der Waals surface area contributed by atoms with Gasteiger partial charge in [-0.05, 0) is 24.8 Å². The molecule has 0 radical (unpaired) electrons. The zero-order valence-corrected chi connectivity index (χ0v) is 13.0. The van der Waals surface area contributed by atoms with Gasteiger partial charge in [0.1, 0.15) is 0 Å². The first-order valence-corrected chi connectivity index (χ1v) is 8.08. The van der Waals surface area contributed by atoms with Crippen LogP contribution in [0.5, 0.6) is 0 Å². The Hall–Kier alpha value is -1.35. The number of nitrogens with one attached hydrogen (secondary N) is 1. The van der Waals surface area contributed by atoms with Gasteiger partial charge in [0.15, 0.2) is 0 Å². The lowest BCUT2D eigenvalue weighted by atomic mass is 9.74. The first-order valence-electron chi connectivity index (χ1n) is 8.08. The van der Waals surface area contributed by atoms with Crippen molar-refractivity contribution < 1.29 is 9.90 Å². The quantitative estimate of drug-likeness (QED) is 0.846. The lowest BCUT2D eigenvalue weighted by Crippen LogP contribution is -2.43. The lowest BCUT2D eigenvalue weighted by molar-refractivity contribution is -0.125. The summed E-state index contributed by atoms with van der Waals surface area (Å²) < 4.78 is 0. The van der Waals surface area contributed by atoms with Crippen LogP contribution in [0, 0.1) is 11.3 Å². The van der Waals surface area contributed by atoms with E-state index in [4.69, 9.17) is 0 Å². The van der Waals surface area contributed by atoms with E-state index in [9.17, 15) is 9.90 Å². The van der Waals surface area contributed by atoms with Crippen molar-refractivity contribution in [3.05, 3.63) is 35.9 Å². The van der Waals surface area contributed by atoms with E-state index in [-0.39, 0.29) is 23.8 Å². The maximum atomic E-state index is 12.3. The number of hydrogen-bond acceptors (Lipinski definition) is 2. The van der Waals surface area contributed by atoms with Crippen LogP contribution in [0.25, 0.3) is 0 Å². The molecule has 1 saturated carbocycles. The van der Waals surface area contributed by atoms with Gasteiger partial charge in [-0.25, -0.2) is 0 Å². The summed E-state index contributed by atoms with van der Waals surface area (Å²) >= 11 is 0. The second kappa shape index (κ2) is 7.60. The van der Waals surface area contributed by atoms with Gasteiger partial charge in [-0.2, -0.15) is 0 Å². The van der Waals surface area contributed by atoms with Crippen LogP contribution in [0.2, 0.25) is 0 Å². The molecular formula is C18H27NO2. The minimum atomic E-state index is -0.0830. The van der Waals surface area contributed by atoms with Crippen molar-refractivity contribution in [2.45, 2.75) is 45.4 Å². The van der Waals surface area contributed by atoms with Gasteiger partial charge in [0.25, 0.3) is 0 Å². The van der Waals surface area contributed by atoms with Gasteiger partial charge >= 0.3 is 0 Å². The maximum Gasteiger partial charge on any atom is 0.223 e. The summed E-state index contributed by atoms with van der Waals surface area (Å²) in [6.07, 6.45) is 6.39. The van der Waals surface area contributed by atoms with Crippen molar-refractivity contribution >= 4 is 5.91 Å². The first kappa shape index (κ1) is 16.0. The van der Waals surface area contributed by atoms with Crippen molar-refractivity contribution in [2.24, 2.45) is 11.3 Å². The average molecular weight is 289 g/mol. The van der Waals surface area contributed by atoms with Crippen molar-refractivity contribution in [2.75, 3.05) is 13.2 Å². The summed E-state index contributed by atoms with van der Waals surface area (Å²) in [4.78, 5) is 12.3. The van der Waals surface area contributed by atoms with Crippen LogP contribution in [0.3, 0.4) is 0 Å². The van der Waals surface area contributed by atoms with E-state index in [2.05, 4.69) is 17.4 Å². The minimum absolute atomic E-state index is 0.0354. The molecule has 1 aliphatic carbocycles. The molecular weight excluding hydrogens is 262 g/mol. The Morgan fingerprint density at radius 3 is 2.52 bits per heavy atom. The van der Waals surface area contributed by atoms with Crippen LogP contribution < -0.4 is 5.32 Å². The molecule has 1 aliphatic rings. The van der Waals surface area contributed by atoms with Gasteiger partial charge in [0.05, 0.1) is 6.61 Å². The highest BCUT2D eigenvalue weighted by molar-refractivity contribution is 5.78. The topological polar surface area (TPSA) is 49.3 Å². The van der Waals surface area contributed by atoms with Crippen molar-refractivity contribution in [1.29, 1.82) is 0 Å². The summed E-state index contributed by atoms with van der Waals surface area (Å²) in [5.41, 5.74) is 1.11. The number of carbonyl (C=O) groups is 1. The molecule has 2 N–H and O–H groups in total. The molecule has 1 aromatic rings. The predicted octanol–water partition coefficient (Wildman–Crippen LogP) is 2.92. The summed E-state index contributed by atoms with van der Waals surface area (Å²) in [7, 11) is 0. The summed E-state index contributed by atoms with van der Waals surface area (Å²) in [6.45, 7) is 2.76. The molecule has 1 aromatic carbocycles. The zero-order valence-electron chi connectivity index (χ0n) is 13.0. The smallest absolute Gasteiger partial charge is 0.223 e. The van der Waals surface area contributed by atoms with E-state index < -0.39 is 0 Å². The number of hydrogen-bond donors (Lipinski definition) is 2. The Morgan fingerprint density at radius 1 is 1.24 bits per heavy atom. The van der Waals surface area contributed by atoms with Crippen LogP contribution in [0.1, 0.15) is 44.6 Å². The minimum Gasteiger partial charge on any atom is -0.396 e. The molecule has 1 atom stereocenters. The van der Waals surface area contributed by atoms with E-state index in [0.29, 0.717) is 6.54 Å². The summed E-state index contributed by atoms with van der Waals surface area (Å²) in [5.74, 6) is 0.0592. The normalized spacial score (nSPS) is 19.0. The number of aliphatic hydroxyl groups is 1. The highest BCUT2D eigenvalue weighted by Crippen LogP contribution is 2.35. The predicted molar refractivity (Wildman–Crippen MR) is 84.9 cm³/mol. The Morgan fingerprint density at radius 2 is 1.90 bits per heavy atom. The number of amides is 1. The van der Waals surface area contributed by atoms with Crippen LogP contribution in [-0.2, 0) is 11.2 Å². The largest absolute Gasteiger partial charge is 0.396 e. The van der Waals surface area contributed by atoms with Crippen molar-refractivity contribution in [1.82, 2.24) is 5.32 Å². The molecule has 21 heavy (non-hydrogen) atoms. The van der Waals surface area contributed by atoms with Crippen LogP contribution in [0.4, 0.5) is 0 Å². The van der Waals surface area contributed by atoms with Gasteiger partial charge in [-0.1, -0.05) is 56.5 Å². The van der Waals surface area contributed by atoms with Crippen LogP contribution >= 0.6 is 0 Å². The molecule has 0 aromatic heterocycles. The number of benzene rings is 1. The molecule has 2 rings (SSSR count). The van der Waals surface area contributed by atoms with Crippen LogP contribution in [0.15, 0.2) is 30.3 Å². The molecule has 3 nitrogen and oxygen atoms in total. The van der Waals surface area contributed by atoms with Crippen molar-refractivity contribution in [3.63, 3.8) is 0 Å². The fraction of sp³-hybridized carbons (Fsp3) is 0.611. The van der Waals surface area contributed by atoms with Gasteiger partial charge < -0.3 is 10.4 Å². The monoisotopic (exact) mass is 289 g/mol. The molecule has 0 aliphatic heterocycles. The molecule has 3 heteroatoms. The second-order valence-electron chi connectivity index (χ2n) is 6.53. The molecule has 1 fully saturated rings. The van der Waals surface area contributed by atoms with Gasteiger partial charge in [0.2, 0.25) is 5.91 Å². The third-order valence-electron chi connectivity index (χ3n) is 4.72. The Balaban J connectivity index is 1.83. The standard InChI is InChI=1S/C18H27NO2/c1-15(12-16-8-4-2-5-9-16)17(21)19-13-18(14-20)10-6-3-7-11-18/h2,4-5,8-9,15,20H,3,6-7,10-14H2,1H3,(H,19,21). The Kier molecular flexibility index (Phi) is 5.80. The average Bonchev–Trinajstić information content (AvgIpc) is 2.54. The van der Waals surface area contributed by atoms with Gasteiger partial charge in [-0.3, -0.25) is 4.79 Å². The van der Waals surface area contributed by atoms with E-state index >= 15 is 0 Å². The first-order chi connectivity index (χ1) is 10.2. The molecule has 116 valence electrons. The van der Waals surface area contributed by atoms with E-state index in [1.807, 2.05) is 25.1 Å². The molecule has 0 heterocycles. The van der Waals surface area contributed by atoms with Gasteiger partial charge in [0, 0.05) is 17.9 Å². The fourth-order valence-electron chi connectivity index (χ4n) is 3.20. The lowest BCUT2D eigenvalue weighted by Gasteiger charge is -2.36. The second-order valence-corrected chi connectivity index (χ2v) is 6.53. The maximum absolute atomic E-state index is 12.3. The third-order valence-corrected chi connectivity index (χ3v) is 4.72. The van der Waals surface area contributed by atoms with Gasteiger partial charge in [-0.15, -0.1) is 0 Å². The fourth-order valence-corrected chi connectivity index (χ4v) is 3.20. The zero-order chi connectivity index (χ0) is 15.1. The van der Waals surface area contributed by atoms with Crippen LogP contribution in [-0.4, -0.2) is 24.2 Å². The molecule has 0 saturated heterocycles. The van der Waals surface area contributed by atoms with E-state index in [1.54, 1.807) is 0 Å².